The number of aromatic nitrogens is 3. The molecule has 0 fully saturated rings. The highest BCUT2D eigenvalue weighted by atomic mass is 16.3. The van der Waals surface area contributed by atoms with Crippen LogP contribution in [0.4, 0.5) is 0 Å². The van der Waals surface area contributed by atoms with Gasteiger partial charge in [-0.15, -0.1) is 10.2 Å². The van der Waals surface area contributed by atoms with Gasteiger partial charge in [-0.25, -0.2) is 0 Å². The second-order valence-corrected chi connectivity index (χ2v) is 4.22. The Morgan fingerprint density at radius 3 is 3.05 bits per heavy atom. The SMILES string of the molecule is CCn1cnnc1CNC(=NC)NCCc1ccco1. The normalized spacial score (nSPS) is 11.6. The minimum absolute atomic E-state index is 0.592. The molecule has 0 aromatic carbocycles. The van der Waals surface area contributed by atoms with E-state index in [9.17, 15) is 0 Å². The molecule has 0 saturated heterocycles. The van der Waals surface area contributed by atoms with Crippen LogP contribution in [0.1, 0.15) is 18.5 Å². The van der Waals surface area contributed by atoms with Crippen molar-refractivity contribution in [3.05, 3.63) is 36.3 Å². The molecule has 7 nitrogen and oxygen atoms in total. The van der Waals surface area contributed by atoms with Crippen LogP contribution in [-0.4, -0.2) is 34.3 Å². The quantitative estimate of drug-likeness (QED) is 0.602. The Balaban J connectivity index is 1.75. The molecule has 0 amide bonds. The van der Waals surface area contributed by atoms with Crippen molar-refractivity contribution in [3.63, 3.8) is 0 Å². The van der Waals surface area contributed by atoms with Gasteiger partial charge in [0.1, 0.15) is 12.1 Å². The van der Waals surface area contributed by atoms with E-state index in [0.717, 1.165) is 37.1 Å². The van der Waals surface area contributed by atoms with Gasteiger partial charge in [-0.3, -0.25) is 4.99 Å². The Labute approximate surface area is 118 Å². The molecular weight excluding hydrogens is 256 g/mol. The van der Waals surface area contributed by atoms with E-state index in [2.05, 4.69) is 32.7 Å². The molecule has 108 valence electrons. The highest BCUT2D eigenvalue weighted by molar-refractivity contribution is 5.79. The number of nitrogens with zero attached hydrogens (tertiary/aromatic N) is 4. The van der Waals surface area contributed by atoms with Crippen LogP contribution in [0, 0.1) is 0 Å². The minimum atomic E-state index is 0.592. The van der Waals surface area contributed by atoms with Crippen LogP contribution in [0.15, 0.2) is 34.1 Å². The molecule has 0 aliphatic carbocycles. The van der Waals surface area contributed by atoms with Crippen LogP contribution in [0.5, 0.6) is 0 Å². The van der Waals surface area contributed by atoms with Gasteiger partial charge >= 0.3 is 0 Å². The maximum atomic E-state index is 5.28. The van der Waals surface area contributed by atoms with E-state index in [1.807, 2.05) is 16.7 Å². The number of nitrogens with one attached hydrogen (secondary N) is 2. The lowest BCUT2D eigenvalue weighted by Gasteiger charge is -2.11. The second-order valence-electron chi connectivity index (χ2n) is 4.22. The highest BCUT2D eigenvalue weighted by Gasteiger charge is 2.04. The van der Waals surface area contributed by atoms with Crippen molar-refractivity contribution in [3.8, 4) is 0 Å². The molecule has 2 aromatic rings. The van der Waals surface area contributed by atoms with Crippen molar-refractivity contribution in [1.82, 2.24) is 25.4 Å². The Hall–Kier alpha value is -2.31. The van der Waals surface area contributed by atoms with E-state index in [4.69, 9.17) is 4.42 Å². The average molecular weight is 276 g/mol. The summed E-state index contributed by atoms with van der Waals surface area (Å²) in [6.45, 7) is 4.26. The van der Waals surface area contributed by atoms with Gasteiger partial charge in [0.05, 0.1) is 12.8 Å². The molecule has 0 atom stereocenters. The molecular formula is C13H20N6O. The Bertz CT molecular complexity index is 531. The molecule has 2 N–H and O–H groups in total. The van der Waals surface area contributed by atoms with Crippen LogP contribution >= 0.6 is 0 Å². The fourth-order valence-corrected chi connectivity index (χ4v) is 1.82. The summed E-state index contributed by atoms with van der Waals surface area (Å²) < 4.78 is 7.27. The first-order valence-corrected chi connectivity index (χ1v) is 6.67. The molecule has 0 bridgehead atoms. The molecule has 0 radical (unpaired) electrons. The molecule has 7 heteroatoms. The van der Waals surface area contributed by atoms with Gasteiger partial charge in [0.15, 0.2) is 11.8 Å². The lowest BCUT2D eigenvalue weighted by atomic mass is 10.3. The summed E-state index contributed by atoms with van der Waals surface area (Å²) in [4.78, 5) is 4.17. The predicted molar refractivity (Wildman–Crippen MR) is 76.3 cm³/mol. The zero-order valence-corrected chi connectivity index (χ0v) is 11.8. The predicted octanol–water partition coefficient (Wildman–Crippen LogP) is 0.799. The molecule has 0 spiro atoms. The topological polar surface area (TPSA) is 80.3 Å². The molecule has 2 aromatic heterocycles. The first kappa shape index (κ1) is 14.1. The van der Waals surface area contributed by atoms with E-state index >= 15 is 0 Å². The third kappa shape index (κ3) is 3.84. The minimum Gasteiger partial charge on any atom is -0.469 e. The fraction of sp³-hybridized carbons (Fsp3) is 0.462. The van der Waals surface area contributed by atoms with E-state index in [0.29, 0.717) is 6.54 Å². The van der Waals surface area contributed by atoms with Gasteiger partial charge in [0, 0.05) is 26.6 Å². The van der Waals surface area contributed by atoms with E-state index in [1.165, 1.54) is 0 Å². The number of aryl methyl sites for hydroxylation is 1. The molecule has 2 rings (SSSR count). The van der Waals surface area contributed by atoms with Crippen LogP contribution < -0.4 is 10.6 Å². The number of hydrogen-bond acceptors (Lipinski definition) is 4. The van der Waals surface area contributed by atoms with Crippen LogP contribution in [0.2, 0.25) is 0 Å². The summed E-state index contributed by atoms with van der Waals surface area (Å²) in [7, 11) is 1.74. The zero-order valence-electron chi connectivity index (χ0n) is 11.8. The van der Waals surface area contributed by atoms with Crippen molar-refractivity contribution in [2.45, 2.75) is 26.4 Å². The van der Waals surface area contributed by atoms with Crippen molar-refractivity contribution in [2.24, 2.45) is 4.99 Å². The van der Waals surface area contributed by atoms with E-state index in [1.54, 1.807) is 19.6 Å². The molecule has 0 aliphatic rings. The third-order valence-electron chi connectivity index (χ3n) is 2.92. The Morgan fingerprint density at radius 1 is 1.45 bits per heavy atom. The van der Waals surface area contributed by atoms with Crippen LogP contribution in [0.3, 0.4) is 0 Å². The summed E-state index contributed by atoms with van der Waals surface area (Å²) >= 11 is 0. The number of aliphatic imine (C=N–C) groups is 1. The number of rotatable bonds is 6. The summed E-state index contributed by atoms with van der Waals surface area (Å²) in [5.74, 6) is 2.59. The molecule has 0 saturated carbocycles. The first-order chi connectivity index (χ1) is 9.83. The molecule has 0 aliphatic heterocycles. The molecule has 2 heterocycles. The maximum Gasteiger partial charge on any atom is 0.191 e. The summed E-state index contributed by atoms with van der Waals surface area (Å²) in [6, 6.07) is 3.85. The number of guanidine groups is 1. The Morgan fingerprint density at radius 2 is 2.35 bits per heavy atom. The molecule has 0 unspecified atom stereocenters. The van der Waals surface area contributed by atoms with Gasteiger partial charge in [0.25, 0.3) is 0 Å². The molecule has 20 heavy (non-hydrogen) atoms. The van der Waals surface area contributed by atoms with Gasteiger partial charge in [0.2, 0.25) is 0 Å². The fourth-order valence-electron chi connectivity index (χ4n) is 1.82. The number of hydrogen-bond donors (Lipinski definition) is 2. The summed E-state index contributed by atoms with van der Waals surface area (Å²) in [5.41, 5.74) is 0. The number of furan rings is 1. The second kappa shape index (κ2) is 7.32. The van der Waals surface area contributed by atoms with Gasteiger partial charge in [-0.2, -0.15) is 0 Å². The highest BCUT2D eigenvalue weighted by Crippen LogP contribution is 1.99. The van der Waals surface area contributed by atoms with Gasteiger partial charge < -0.3 is 19.6 Å². The Kier molecular flexibility index (Phi) is 5.16. The lowest BCUT2D eigenvalue weighted by molar-refractivity contribution is 0.506. The van der Waals surface area contributed by atoms with Crippen LogP contribution in [0.25, 0.3) is 0 Å². The van der Waals surface area contributed by atoms with Crippen molar-refractivity contribution in [1.29, 1.82) is 0 Å². The first-order valence-electron chi connectivity index (χ1n) is 6.67. The van der Waals surface area contributed by atoms with Crippen molar-refractivity contribution in [2.75, 3.05) is 13.6 Å². The van der Waals surface area contributed by atoms with Gasteiger partial charge in [-0.05, 0) is 19.1 Å². The zero-order chi connectivity index (χ0) is 14.2. The van der Waals surface area contributed by atoms with E-state index in [-0.39, 0.29) is 0 Å². The lowest BCUT2D eigenvalue weighted by Crippen LogP contribution is -2.38. The standard InChI is InChI=1S/C13H20N6O/c1-3-19-10-17-18-12(19)9-16-13(14-2)15-7-6-11-5-4-8-20-11/h4-5,8,10H,3,6-7,9H2,1-2H3,(H2,14,15,16). The smallest absolute Gasteiger partial charge is 0.191 e. The largest absolute Gasteiger partial charge is 0.469 e. The van der Waals surface area contributed by atoms with E-state index < -0.39 is 0 Å². The summed E-state index contributed by atoms with van der Waals surface area (Å²) in [6.07, 6.45) is 4.23. The third-order valence-corrected chi connectivity index (χ3v) is 2.92. The van der Waals surface area contributed by atoms with Crippen LogP contribution in [-0.2, 0) is 19.5 Å². The van der Waals surface area contributed by atoms with Crippen molar-refractivity contribution >= 4 is 5.96 Å². The maximum absolute atomic E-state index is 5.28. The average Bonchev–Trinajstić information content (AvgIpc) is 3.13. The summed E-state index contributed by atoms with van der Waals surface area (Å²) in [5, 5.41) is 14.4. The monoisotopic (exact) mass is 276 g/mol. The van der Waals surface area contributed by atoms with Gasteiger partial charge in [-0.1, -0.05) is 0 Å². The van der Waals surface area contributed by atoms with Crippen molar-refractivity contribution < 1.29 is 4.42 Å².